The molecule has 1 aromatic carbocycles. The molecule has 1 aromatic heterocycles. The summed E-state index contributed by atoms with van der Waals surface area (Å²) in [6.45, 7) is 4.91. The maximum atomic E-state index is 11.2. The number of hydrogen-bond acceptors (Lipinski definition) is 5. The number of likely N-dealkylation sites (tertiary alicyclic amines) is 1. The molecule has 0 spiro atoms. The number of Topliss-reactive ketones (excluding diaryl/α,β-unsaturated/α-hetero) is 1. The van der Waals surface area contributed by atoms with Gasteiger partial charge in [0.2, 0.25) is 0 Å². The van der Waals surface area contributed by atoms with Crippen LogP contribution in [0, 0.1) is 0 Å². The van der Waals surface area contributed by atoms with Crippen molar-refractivity contribution >= 4 is 34.5 Å². The molecule has 3 heterocycles. The standard InChI is InChI=1S/C22H25NO2S2/c1-15(24)4-3-10-23-11-7-16(8-12-23)21-18-6-5-17(25-2)14-20(18)27-22-19(21)9-13-26-22/h5-6,9,13-14H,3-4,7-8,10-12H2,1-2H3. The molecule has 3 nitrogen and oxygen atoms in total. The first-order valence-corrected chi connectivity index (χ1v) is 11.2. The van der Waals surface area contributed by atoms with E-state index in [1.165, 1.54) is 25.8 Å². The number of nitrogens with zero attached hydrogens (tertiary/aromatic N) is 1. The lowest BCUT2D eigenvalue weighted by atomic mass is 9.89. The van der Waals surface area contributed by atoms with Gasteiger partial charge >= 0.3 is 0 Å². The van der Waals surface area contributed by atoms with Gasteiger partial charge in [-0.15, -0.1) is 11.3 Å². The first-order chi connectivity index (χ1) is 13.2. The van der Waals surface area contributed by atoms with Gasteiger partial charge in [-0.25, -0.2) is 0 Å². The van der Waals surface area contributed by atoms with E-state index >= 15 is 0 Å². The van der Waals surface area contributed by atoms with Crippen LogP contribution >= 0.6 is 23.1 Å². The van der Waals surface area contributed by atoms with E-state index in [4.69, 9.17) is 4.74 Å². The van der Waals surface area contributed by atoms with Gasteiger partial charge in [0.25, 0.3) is 0 Å². The van der Waals surface area contributed by atoms with Crippen molar-refractivity contribution in [1.29, 1.82) is 0 Å². The van der Waals surface area contributed by atoms with E-state index in [0.29, 0.717) is 12.2 Å². The van der Waals surface area contributed by atoms with Crippen LogP contribution in [-0.4, -0.2) is 37.4 Å². The van der Waals surface area contributed by atoms with Crippen molar-refractivity contribution in [2.75, 3.05) is 26.7 Å². The minimum absolute atomic E-state index is 0.298. The Labute approximate surface area is 169 Å². The van der Waals surface area contributed by atoms with Crippen LogP contribution in [0.2, 0.25) is 0 Å². The predicted molar refractivity (Wildman–Crippen MR) is 113 cm³/mol. The second kappa shape index (κ2) is 8.21. The normalized spacial score (nSPS) is 16.8. The molecule has 4 rings (SSSR count). The molecule has 2 aliphatic rings. The van der Waals surface area contributed by atoms with Gasteiger partial charge in [-0.1, -0.05) is 17.3 Å². The third-order valence-electron chi connectivity index (χ3n) is 5.38. The van der Waals surface area contributed by atoms with Gasteiger partial charge in [-0.05, 0) is 73.5 Å². The van der Waals surface area contributed by atoms with Gasteiger partial charge in [0.1, 0.15) is 11.5 Å². The van der Waals surface area contributed by atoms with E-state index in [0.717, 1.165) is 44.6 Å². The number of fused-ring (bicyclic) bond motifs is 2. The highest BCUT2D eigenvalue weighted by Crippen LogP contribution is 2.50. The average Bonchev–Trinajstić information content (AvgIpc) is 3.14. The summed E-state index contributed by atoms with van der Waals surface area (Å²) in [7, 11) is 1.73. The highest BCUT2D eigenvalue weighted by molar-refractivity contribution is 8.01. The van der Waals surface area contributed by atoms with Crippen LogP contribution in [0.5, 0.6) is 5.75 Å². The fourth-order valence-corrected chi connectivity index (χ4v) is 6.14. The minimum atomic E-state index is 0.298. The molecule has 1 fully saturated rings. The summed E-state index contributed by atoms with van der Waals surface area (Å²) in [5.74, 6) is 1.22. The lowest BCUT2D eigenvalue weighted by Crippen LogP contribution is -2.32. The van der Waals surface area contributed by atoms with Crippen molar-refractivity contribution in [3.63, 3.8) is 0 Å². The molecule has 142 valence electrons. The summed E-state index contributed by atoms with van der Waals surface area (Å²) >= 11 is 3.69. The lowest BCUT2D eigenvalue weighted by molar-refractivity contribution is -0.117. The fourth-order valence-electron chi connectivity index (χ4n) is 3.95. The Morgan fingerprint density at radius 2 is 2.00 bits per heavy atom. The first kappa shape index (κ1) is 18.8. The van der Waals surface area contributed by atoms with Crippen LogP contribution in [0.15, 0.2) is 44.3 Å². The maximum absolute atomic E-state index is 11.2. The number of piperidine rings is 1. The Balaban J connectivity index is 1.58. The van der Waals surface area contributed by atoms with Gasteiger partial charge in [0, 0.05) is 30.0 Å². The van der Waals surface area contributed by atoms with E-state index in [1.54, 1.807) is 19.6 Å². The summed E-state index contributed by atoms with van der Waals surface area (Å²) < 4.78 is 6.83. The van der Waals surface area contributed by atoms with E-state index in [9.17, 15) is 4.79 Å². The van der Waals surface area contributed by atoms with Gasteiger partial charge in [-0.3, -0.25) is 0 Å². The molecule has 0 unspecified atom stereocenters. The number of ketones is 1. The summed E-state index contributed by atoms with van der Waals surface area (Å²) in [5.41, 5.74) is 5.78. The van der Waals surface area contributed by atoms with Crippen LogP contribution in [0.4, 0.5) is 0 Å². The smallest absolute Gasteiger partial charge is 0.129 e. The van der Waals surface area contributed by atoms with E-state index < -0.39 is 0 Å². The first-order valence-electron chi connectivity index (χ1n) is 9.53. The Bertz CT molecular complexity index is 874. The molecule has 0 N–H and O–H groups in total. The molecule has 0 saturated carbocycles. The van der Waals surface area contributed by atoms with Gasteiger partial charge < -0.3 is 14.4 Å². The van der Waals surface area contributed by atoms with Crippen molar-refractivity contribution in [2.45, 2.75) is 41.7 Å². The van der Waals surface area contributed by atoms with E-state index in [2.05, 4.69) is 34.5 Å². The highest BCUT2D eigenvalue weighted by atomic mass is 32.2. The highest BCUT2D eigenvalue weighted by Gasteiger charge is 2.27. The molecule has 1 saturated heterocycles. The van der Waals surface area contributed by atoms with Crippen LogP contribution in [0.1, 0.15) is 43.7 Å². The Hall–Kier alpha value is -1.56. The zero-order chi connectivity index (χ0) is 18.8. The molecule has 0 radical (unpaired) electrons. The molecule has 0 aliphatic carbocycles. The van der Waals surface area contributed by atoms with E-state index in [1.807, 2.05) is 23.1 Å². The third-order valence-corrected chi connectivity index (χ3v) is 7.58. The van der Waals surface area contributed by atoms with Crippen molar-refractivity contribution in [3.8, 4) is 5.75 Å². The number of ether oxygens (including phenoxy) is 1. The van der Waals surface area contributed by atoms with Crippen molar-refractivity contribution in [1.82, 2.24) is 4.90 Å². The Morgan fingerprint density at radius 1 is 1.19 bits per heavy atom. The fraction of sp³-hybridized carbons (Fsp3) is 0.409. The Kier molecular flexibility index (Phi) is 5.71. The van der Waals surface area contributed by atoms with Crippen molar-refractivity contribution in [2.24, 2.45) is 0 Å². The van der Waals surface area contributed by atoms with Crippen molar-refractivity contribution in [3.05, 3.63) is 46.3 Å². The number of rotatable bonds is 5. The second-order valence-corrected chi connectivity index (χ2v) is 9.44. The summed E-state index contributed by atoms with van der Waals surface area (Å²) in [4.78, 5) is 15.0. The van der Waals surface area contributed by atoms with Gasteiger partial charge in [0.15, 0.2) is 0 Å². The van der Waals surface area contributed by atoms with Crippen LogP contribution in [0.3, 0.4) is 0 Å². The SMILES string of the molecule is COc1ccc2c(c1)Sc1sccc1C2=C1CCN(CCCC(C)=O)CC1. The monoisotopic (exact) mass is 399 g/mol. The van der Waals surface area contributed by atoms with Gasteiger partial charge in [-0.2, -0.15) is 0 Å². The molecular formula is C22H25NO2S2. The van der Waals surface area contributed by atoms with E-state index in [-0.39, 0.29) is 0 Å². The molecule has 2 aromatic rings. The zero-order valence-electron chi connectivity index (χ0n) is 15.9. The molecular weight excluding hydrogens is 374 g/mol. The molecule has 2 aliphatic heterocycles. The maximum Gasteiger partial charge on any atom is 0.129 e. The largest absolute Gasteiger partial charge is 0.497 e. The molecule has 0 atom stereocenters. The molecule has 0 bridgehead atoms. The molecule has 5 heteroatoms. The van der Waals surface area contributed by atoms with Crippen LogP contribution in [-0.2, 0) is 4.79 Å². The summed E-state index contributed by atoms with van der Waals surface area (Å²) in [5, 5.41) is 2.21. The molecule has 27 heavy (non-hydrogen) atoms. The third kappa shape index (κ3) is 4.00. The topological polar surface area (TPSA) is 29.5 Å². The second-order valence-electron chi connectivity index (χ2n) is 7.21. The number of carbonyl (C=O) groups excluding carboxylic acids is 1. The number of methoxy groups -OCH3 is 1. The quantitative estimate of drug-likeness (QED) is 0.567. The summed E-state index contributed by atoms with van der Waals surface area (Å²) in [6, 6.07) is 8.75. The number of hydrogen-bond donors (Lipinski definition) is 0. The lowest BCUT2D eigenvalue weighted by Gasteiger charge is -2.31. The number of carbonyl (C=O) groups is 1. The summed E-state index contributed by atoms with van der Waals surface area (Å²) in [6.07, 6.45) is 3.91. The van der Waals surface area contributed by atoms with Crippen LogP contribution < -0.4 is 4.74 Å². The van der Waals surface area contributed by atoms with Gasteiger partial charge in [0.05, 0.1) is 11.3 Å². The minimum Gasteiger partial charge on any atom is -0.497 e. The predicted octanol–water partition coefficient (Wildman–Crippen LogP) is 5.49. The average molecular weight is 400 g/mol. The number of thiophene rings is 1. The van der Waals surface area contributed by atoms with Crippen LogP contribution in [0.25, 0.3) is 5.57 Å². The zero-order valence-corrected chi connectivity index (χ0v) is 17.5. The molecule has 0 amide bonds. The van der Waals surface area contributed by atoms with Crippen molar-refractivity contribution < 1.29 is 9.53 Å². The number of benzene rings is 1. The Morgan fingerprint density at radius 3 is 2.74 bits per heavy atom.